The van der Waals surface area contributed by atoms with Crippen molar-refractivity contribution in [3.8, 4) is 12.3 Å². The molecule has 11 heteroatoms. The minimum Gasteiger partial charge on any atom is -0.395 e. The predicted octanol–water partition coefficient (Wildman–Crippen LogP) is 2.49. The molecule has 130 valence electrons. The summed E-state index contributed by atoms with van der Waals surface area (Å²) in [6, 6.07) is 6.39. The lowest BCUT2D eigenvalue weighted by molar-refractivity contribution is -0.402. The largest absolute Gasteiger partial charge is 0.433 e. The zero-order valence-corrected chi connectivity index (χ0v) is 13.6. The van der Waals surface area contributed by atoms with Crippen LogP contribution < -0.4 is 4.80 Å². The average molecular weight is 372 g/mol. The van der Waals surface area contributed by atoms with Crippen LogP contribution >= 0.6 is 11.3 Å². The van der Waals surface area contributed by atoms with E-state index in [-0.39, 0.29) is 22.8 Å². The molecule has 0 N–H and O–H groups in total. The molecule has 0 fully saturated rings. The van der Waals surface area contributed by atoms with Crippen molar-refractivity contribution in [1.29, 1.82) is 0 Å². The summed E-state index contributed by atoms with van der Waals surface area (Å²) >= 11 is 1.03. The predicted molar refractivity (Wildman–Crippen MR) is 90.6 cm³/mol. The molecule has 0 atom stereocenters. The van der Waals surface area contributed by atoms with Crippen LogP contribution in [0, 0.1) is 32.6 Å². The molecule has 2 heterocycles. The fraction of sp³-hybridized carbons (Fsp3) is 0.0667. The van der Waals surface area contributed by atoms with Gasteiger partial charge in [0, 0.05) is 12.1 Å². The van der Waals surface area contributed by atoms with Crippen LogP contribution in [0.15, 0.2) is 39.7 Å². The zero-order chi connectivity index (χ0) is 18.8. The van der Waals surface area contributed by atoms with Crippen LogP contribution in [0.5, 0.6) is 0 Å². The molecule has 0 unspecified atom stereocenters. The molecule has 0 aliphatic carbocycles. The van der Waals surface area contributed by atoms with Gasteiger partial charge in [0.25, 0.3) is 5.69 Å². The van der Waals surface area contributed by atoms with Crippen molar-refractivity contribution in [3.63, 3.8) is 0 Å². The van der Waals surface area contributed by atoms with Crippen molar-refractivity contribution in [3.05, 3.63) is 61.1 Å². The van der Waals surface area contributed by atoms with Crippen LogP contribution in [-0.4, -0.2) is 20.3 Å². The third kappa shape index (κ3) is 3.08. The second kappa shape index (κ2) is 6.61. The van der Waals surface area contributed by atoms with E-state index in [9.17, 15) is 25.0 Å². The number of aromatic nitrogens is 1. The number of amides is 1. The van der Waals surface area contributed by atoms with E-state index in [0.717, 1.165) is 23.5 Å². The normalized spacial score (nSPS) is 11.4. The lowest BCUT2D eigenvalue weighted by atomic mass is 10.3. The molecule has 1 amide bonds. The van der Waals surface area contributed by atoms with E-state index >= 15 is 0 Å². The summed E-state index contributed by atoms with van der Waals surface area (Å²) in [5, 5.41) is 21.5. The third-order valence-corrected chi connectivity index (χ3v) is 4.35. The van der Waals surface area contributed by atoms with Gasteiger partial charge in [0.15, 0.2) is 4.80 Å². The zero-order valence-electron chi connectivity index (χ0n) is 12.8. The lowest BCUT2D eigenvalue weighted by Crippen LogP contribution is -2.16. The monoisotopic (exact) mass is 372 g/mol. The molecule has 0 saturated carbocycles. The molecular formula is C15H8N4O6S. The molecule has 0 saturated heterocycles. The quantitative estimate of drug-likeness (QED) is 0.392. The summed E-state index contributed by atoms with van der Waals surface area (Å²) in [7, 11) is 0. The number of benzene rings is 1. The van der Waals surface area contributed by atoms with Crippen LogP contribution in [0.1, 0.15) is 10.6 Å². The fourth-order valence-corrected chi connectivity index (χ4v) is 3.25. The highest BCUT2D eigenvalue weighted by atomic mass is 32.1. The summed E-state index contributed by atoms with van der Waals surface area (Å²) in [5.74, 6) is 0.719. The first-order valence-electron chi connectivity index (χ1n) is 6.95. The maximum atomic E-state index is 12.2. The van der Waals surface area contributed by atoms with Gasteiger partial charge < -0.3 is 8.98 Å². The van der Waals surface area contributed by atoms with Gasteiger partial charge >= 0.3 is 11.8 Å². The maximum Gasteiger partial charge on any atom is 0.433 e. The van der Waals surface area contributed by atoms with E-state index in [0.29, 0.717) is 10.2 Å². The van der Waals surface area contributed by atoms with Crippen LogP contribution in [0.4, 0.5) is 11.6 Å². The van der Waals surface area contributed by atoms with Gasteiger partial charge in [-0.25, -0.2) is 0 Å². The minimum absolute atomic E-state index is 0.0855. The standard InChI is InChI=1S/C15H8N4O6S/c1-2-7-17-10-4-3-9(18(21)22)8-12(10)26-15(17)16-14(20)11-5-6-13(25-11)19(23)24/h1,3-6,8H,7H2. The topological polar surface area (TPSA) is 134 Å². The Morgan fingerprint density at radius 1 is 1.27 bits per heavy atom. The van der Waals surface area contributed by atoms with Crippen molar-refractivity contribution in [1.82, 2.24) is 4.57 Å². The SMILES string of the molecule is C#CCn1c(=NC(=O)c2ccc([N+](=O)[O-])o2)sc2cc([N+](=O)[O-])ccc21. The molecule has 0 aliphatic rings. The Morgan fingerprint density at radius 2 is 2.04 bits per heavy atom. The van der Waals surface area contributed by atoms with Gasteiger partial charge in [-0.1, -0.05) is 17.3 Å². The first-order chi connectivity index (χ1) is 12.4. The number of carbonyl (C=O) groups is 1. The number of furan rings is 1. The van der Waals surface area contributed by atoms with Crippen LogP contribution in [0.2, 0.25) is 0 Å². The highest BCUT2D eigenvalue weighted by Gasteiger charge is 2.18. The van der Waals surface area contributed by atoms with Crippen LogP contribution in [-0.2, 0) is 6.54 Å². The molecule has 0 radical (unpaired) electrons. The Hall–Kier alpha value is -3.78. The van der Waals surface area contributed by atoms with Gasteiger partial charge in [0.1, 0.15) is 4.92 Å². The summed E-state index contributed by atoms with van der Waals surface area (Å²) < 4.78 is 6.89. The molecule has 2 aromatic heterocycles. The molecule has 26 heavy (non-hydrogen) atoms. The highest BCUT2D eigenvalue weighted by Crippen LogP contribution is 2.23. The second-order valence-corrected chi connectivity index (χ2v) is 5.91. The Bertz CT molecular complexity index is 1160. The minimum atomic E-state index is -0.829. The van der Waals surface area contributed by atoms with Crippen molar-refractivity contribution in [2.24, 2.45) is 4.99 Å². The number of nitrogens with zero attached hydrogens (tertiary/aromatic N) is 4. The molecule has 0 bridgehead atoms. The maximum absolute atomic E-state index is 12.2. The van der Waals surface area contributed by atoms with E-state index in [1.807, 2.05) is 0 Å². The summed E-state index contributed by atoms with van der Waals surface area (Å²) in [5.41, 5.74) is 0.474. The van der Waals surface area contributed by atoms with Crippen molar-refractivity contribution >= 4 is 39.0 Å². The van der Waals surface area contributed by atoms with Gasteiger partial charge in [0.2, 0.25) is 5.76 Å². The summed E-state index contributed by atoms with van der Waals surface area (Å²) in [6.45, 7) is 0.0855. The van der Waals surface area contributed by atoms with Crippen LogP contribution in [0.25, 0.3) is 10.2 Å². The number of thiazole rings is 1. The Kier molecular flexibility index (Phi) is 4.34. The van der Waals surface area contributed by atoms with E-state index in [2.05, 4.69) is 10.9 Å². The van der Waals surface area contributed by atoms with Crippen molar-refractivity contribution < 1.29 is 19.1 Å². The number of non-ortho nitro benzene ring substituents is 1. The molecule has 1 aromatic carbocycles. The number of rotatable bonds is 4. The van der Waals surface area contributed by atoms with Gasteiger partial charge in [-0.3, -0.25) is 25.0 Å². The van der Waals surface area contributed by atoms with Crippen LogP contribution in [0.3, 0.4) is 0 Å². The molecule has 3 rings (SSSR count). The number of fused-ring (bicyclic) bond motifs is 1. The lowest BCUT2D eigenvalue weighted by Gasteiger charge is -1.99. The molecule has 3 aromatic rings. The Balaban J connectivity index is 2.12. The van der Waals surface area contributed by atoms with Gasteiger partial charge in [0.05, 0.1) is 27.8 Å². The number of carbonyl (C=O) groups excluding carboxylic acids is 1. The number of nitro groups is 2. The Labute approximate surface area is 148 Å². The first-order valence-corrected chi connectivity index (χ1v) is 7.77. The highest BCUT2D eigenvalue weighted by molar-refractivity contribution is 7.16. The van der Waals surface area contributed by atoms with Crippen molar-refractivity contribution in [2.45, 2.75) is 6.54 Å². The third-order valence-electron chi connectivity index (χ3n) is 3.31. The van der Waals surface area contributed by atoms with E-state index in [4.69, 9.17) is 10.8 Å². The summed E-state index contributed by atoms with van der Waals surface area (Å²) in [6.07, 6.45) is 5.34. The van der Waals surface area contributed by atoms with E-state index in [1.54, 1.807) is 4.57 Å². The number of hydrogen-bond donors (Lipinski definition) is 0. The second-order valence-electron chi connectivity index (χ2n) is 4.90. The summed E-state index contributed by atoms with van der Waals surface area (Å²) in [4.78, 5) is 36.5. The first kappa shape index (κ1) is 17.1. The molecule has 10 nitrogen and oxygen atoms in total. The number of nitro benzene ring substituents is 1. The average Bonchev–Trinajstić information content (AvgIpc) is 3.20. The Morgan fingerprint density at radius 3 is 2.65 bits per heavy atom. The van der Waals surface area contributed by atoms with E-state index < -0.39 is 21.6 Å². The number of hydrogen-bond acceptors (Lipinski definition) is 7. The van der Waals surface area contributed by atoms with Gasteiger partial charge in [-0.15, -0.1) is 6.42 Å². The molecule has 0 spiro atoms. The molecular weight excluding hydrogens is 364 g/mol. The number of terminal acetylenes is 1. The smallest absolute Gasteiger partial charge is 0.395 e. The molecule has 0 aliphatic heterocycles. The van der Waals surface area contributed by atoms with Crippen molar-refractivity contribution in [2.75, 3.05) is 0 Å². The van der Waals surface area contributed by atoms with E-state index in [1.165, 1.54) is 18.2 Å². The fourth-order valence-electron chi connectivity index (χ4n) is 2.19. The van der Waals surface area contributed by atoms with Gasteiger partial charge in [-0.2, -0.15) is 4.99 Å². The van der Waals surface area contributed by atoms with Gasteiger partial charge in [-0.05, 0) is 12.1 Å².